The summed E-state index contributed by atoms with van der Waals surface area (Å²) in [6, 6.07) is 7.24. The summed E-state index contributed by atoms with van der Waals surface area (Å²) in [7, 11) is 0. The van der Waals surface area contributed by atoms with Crippen molar-refractivity contribution < 1.29 is 0 Å². The van der Waals surface area contributed by atoms with E-state index in [1.807, 2.05) is 27.7 Å². The zero-order chi connectivity index (χ0) is 32.5. The molecule has 0 saturated carbocycles. The van der Waals surface area contributed by atoms with Gasteiger partial charge in [-0.1, -0.05) is 125 Å². The molecule has 0 unspecified atom stereocenters. The molecule has 3 heterocycles. The number of hydrogen-bond donors (Lipinski definition) is 0. The molecular weight excluding hydrogens is 510 g/mol. The topological polar surface area (TPSA) is 30.2 Å². The molecule has 232 valence electrons. The second kappa shape index (κ2) is 10.6. The van der Waals surface area contributed by atoms with Crippen molar-refractivity contribution in [2.45, 2.75) is 159 Å². The second-order valence-electron chi connectivity index (χ2n) is 16.0. The summed E-state index contributed by atoms with van der Waals surface area (Å²) in [5, 5.41) is 1.22. The van der Waals surface area contributed by atoms with Crippen molar-refractivity contribution in [2.24, 2.45) is 5.41 Å². The van der Waals surface area contributed by atoms with E-state index in [-0.39, 0.29) is 27.1 Å². The minimum atomic E-state index is -0.0698. The first-order chi connectivity index (χ1) is 19.1. The van der Waals surface area contributed by atoms with Gasteiger partial charge in [0.25, 0.3) is 0 Å². The summed E-state index contributed by atoms with van der Waals surface area (Å²) in [6.45, 7) is 43.2. The van der Waals surface area contributed by atoms with Crippen LogP contribution in [-0.4, -0.2) is 14.4 Å². The van der Waals surface area contributed by atoms with Crippen molar-refractivity contribution in [3.05, 3.63) is 51.8 Å². The van der Waals surface area contributed by atoms with E-state index in [4.69, 9.17) is 9.97 Å². The van der Waals surface area contributed by atoms with Crippen LogP contribution in [0, 0.1) is 12.3 Å². The molecule has 0 aliphatic heterocycles. The molecule has 3 heteroatoms. The van der Waals surface area contributed by atoms with Gasteiger partial charge < -0.3 is 0 Å². The Bertz CT molecular complexity index is 1630. The van der Waals surface area contributed by atoms with Crippen LogP contribution in [0.5, 0.6) is 0 Å². The van der Waals surface area contributed by atoms with Gasteiger partial charge in [0.05, 0.1) is 16.6 Å². The van der Waals surface area contributed by atoms with E-state index in [0.29, 0.717) is 5.92 Å². The van der Waals surface area contributed by atoms with Crippen molar-refractivity contribution in [3.8, 4) is 0 Å². The lowest BCUT2D eigenvalue weighted by molar-refractivity contribution is 0.125. The Balaban J connectivity index is 0.00000116. The van der Waals surface area contributed by atoms with E-state index in [2.05, 4.69) is 126 Å². The highest BCUT2D eigenvalue weighted by atomic mass is 15.0. The van der Waals surface area contributed by atoms with E-state index in [0.717, 1.165) is 16.7 Å². The third kappa shape index (κ3) is 4.69. The van der Waals surface area contributed by atoms with E-state index >= 15 is 0 Å². The Morgan fingerprint density at radius 1 is 0.690 bits per heavy atom. The molecular formula is C39H61N3. The van der Waals surface area contributed by atoms with E-state index in [1.54, 1.807) is 0 Å². The van der Waals surface area contributed by atoms with Crippen LogP contribution in [0.3, 0.4) is 0 Å². The maximum absolute atomic E-state index is 5.46. The maximum Gasteiger partial charge on any atom is 0.147 e. The lowest BCUT2D eigenvalue weighted by Gasteiger charge is -2.44. The largest absolute Gasteiger partial charge is 0.295 e. The lowest BCUT2D eigenvalue weighted by atomic mass is 9.59. The maximum atomic E-state index is 5.46. The summed E-state index contributed by atoms with van der Waals surface area (Å²) in [5.74, 6) is 0.370. The smallest absolute Gasteiger partial charge is 0.147 e. The molecule has 0 radical (unpaired) electrons. The van der Waals surface area contributed by atoms with E-state index < -0.39 is 0 Å². The van der Waals surface area contributed by atoms with Crippen LogP contribution in [0.1, 0.15) is 164 Å². The monoisotopic (exact) mass is 571 g/mol. The van der Waals surface area contributed by atoms with E-state index in [9.17, 15) is 0 Å². The lowest BCUT2D eigenvalue weighted by Crippen LogP contribution is -2.42. The molecule has 0 atom stereocenters. The standard InChI is InChI=1S/C35H49N3.2C2H6/c1-19(2)27-20(3)29(32(7,8)9)36-24-18-26(31(4,5)6)38-25-17-22-21(16-23(25)37-30(38)28(24)27)33(10,11)35(14,15)34(22,12)13;2*1-2/h16-19H,1-15H3;2*1-2H3. The second-order valence-corrected chi connectivity index (χ2v) is 16.0. The van der Waals surface area contributed by atoms with Crippen LogP contribution < -0.4 is 0 Å². The Hall–Kier alpha value is -2.42. The number of nitrogens with zero attached hydrogens (tertiary/aromatic N) is 3. The minimum Gasteiger partial charge on any atom is -0.295 e. The predicted octanol–water partition coefficient (Wildman–Crippen LogP) is 11.7. The van der Waals surface area contributed by atoms with Crippen LogP contribution in [0.4, 0.5) is 0 Å². The van der Waals surface area contributed by atoms with E-state index in [1.165, 1.54) is 44.5 Å². The molecule has 1 aromatic carbocycles. The number of fused-ring (bicyclic) bond motifs is 6. The summed E-state index contributed by atoms with van der Waals surface area (Å²) < 4.78 is 2.47. The molecule has 3 nitrogen and oxygen atoms in total. The summed E-state index contributed by atoms with van der Waals surface area (Å²) in [6.07, 6.45) is 0. The van der Waals surface area contributed by atoms with Crippen LogP contribution in [0.25, 0.3) is 27.6 Å². The molecule has 0 fully saturated rings. The van der Waals surface area contributed by atoms with Crippen LogP contribution in [0.15, 0.2) is 18.2 Å². The van der Waals surface area contributed by atoms with Gasteiger partial charge in [-0.05, 0) is 69.5 Å². The van der Waals surface area contributed by atoms with Gasteiger partial charge in [-0.25, -0.2) is 4.98 Å². The zero-order valence-electron chi connectivity index (χ0n) is 30.7. The highest BCUT2D eigenvalue weighted by Crippen LogP contribution is 2.62. The molecule has 4 aromatic rings. The number of benzene rings is 1. The summed E-state index contributed by atoms with van der Waals surface area (Å²) >= 11 is 0. The molecule has 1 aliphatic rings. The van der Waals surface area contributed by atoms with Gasteiger partial charge in [0.2, 0.25) is 0 Å². The highest BCUT2D eigenvalue weighted by Gasteiger charge is 2.57. The number of rotatable bonds is 1. The zero-order valence-corrected chi connectivity index (χ0v) is 30.7. The summed E-state index contributed by atoms with van der Waals surface area (Å²) in [5.41, 5.74) is 12.6. The third-order valence-corrected chi connectivity index (χ3v) is 10.6. The van der Waals surface area contributed by atoms with Gasteiger partial charge in [0.15, 0.2) is 0 Å². The van der Waals surface area contributed by atoms with Gasteiger partial charge in [-0.3, -0.25) is 9.38 Å². The van der Waals surface area contributed by atoms with Crippen molar-refractivity contribution in [1.29, 1.82) is 0 Å². The average Bonchev–Trinajstić information content (AvgIpc) is 3.30. The molecule has 0 bridgehead atoms. The molecule has 5 rings (SSSR count). The van der Waals surface area contributed by atoms with Gasteiger partial charge in [0, 0.05) is 27.6 Å². The average molecular weight is 572 g/mol. The van der Waals surface area contributed by atoms with Crippen molar-refractivity contribution in [2.75, 3.05) is 0 Å². The number of aromatic nitrogens is 3. The van der Waals surface area contributed by atoms with Crippen LogP contribution >= 0.6 is 0 Å². The Morgan fingerprint density at radius 2 is 1.19 bits per heavy atom. The Labute approximate surface area is 257 Å². The minimum absolute atomic E-state index is 0.0269. The fourth-order valence-electron chi connectivity index (χ4n) is 7.27. The molecule has 0 saturated heterocycles. The Morgan fingerprint density at radius 3 is 1.64 bits per heavy atom. The highest BCUT2D eigenvalue weighted by molar-refractivity contribution is 6.00. The first-order valence-electron chi connectivity index (χ1n) is 16.5. The molecule has 0 spiro atoms. The van der Waals surface area contributed by atoms with Crippen molar-refractivity contribution in [3.63, 3.8) is 0 Å². The predicted molar refractivity (Wildman–Crippen MR) is 187 cm³/mol. The number of pyridine rings is 2. The third-order valence-electron chi connectivity index (χ3n) is 10.6. The van der Waals surface area contributed by atoms with Crippen molar-refractivity contribution in [1.82, 2.24) is 14.4 Å². The van der Waals surface area contributed by atoms with Gasteiger partial charge in [-0.15, -0.1) is 0 Å². The fourth-order valence-corrected chi connectivity index (χ4v) is 7.27. The quantitative estimate of drug-likeness (QED) is 0.227. The number of hydrogen-bond acceptors (Lipinski definition) is 2. The normalized spacial score (nSPS) is 17.2. The fraction of sp³-hybridized carbons (Fsp3) is 0.641. The molecule has 1 aliphatic carbocycles. The van der Waals surface area contributed by atoms with Crippen LogP contribution in [0.2, 0.25) is 0 Å². The van der Waals surface area contributed by atoms with Gasteiger partial charge in [-0.2, -0.15) is 0 Å². The Kier molecular flexibility index (Phi) is 8.63. The van der Waals surface area contributed by atoms with Gasteiger partial charge in [0.1, 0.15) is 5.65 Å². The first-order valence-corrected chi connectivity index (χ1v) is 16.5. The molecule has 42 heavy (non-hydrogen) atoms. The molecule has 0 N–H and O–H groups in total. The van der Waals surface area contributed by atoms with Gasteiger partial charge >= 0.3 is 0 Å². The van der Waals surface area contributed by atoms with Crippen LogP contribution in [-0.2, 0) is 21.7 Å². The first kappa shape index (κ1) is 34.1. The van der Waals surface area contributed by atoms with Crippen molar-refractivity contribution >= 4 is 27.6 Å². The molecule has 3 aromatic heterocycles. The number of imidazole rings is 1. The molecule has 0 amide bonds. The summed E-state index contributed by atoms with van der Waals surface area (Å²) in [4.78, 5) is 10.8. The SMILES string of the molecule is CC.CC.Cc1c(C(C)(C)C)nc2cc(C(C)(C)C)n3c4cc5c(cc4nc3c2c1C(C)C)C(C)(C)C(C)(C)C5(C)C.